The van der Waals surface area contributed by atoms with Crippen molar-refractivity contribution >= 4 is 0 Å². The molecule has 3 atom stereocenters. The Morgan fingerprint density at radius 2 is 2.00 bits per heavy atom. The second-order valence-corrected chi connectivity index (χ2v) is 6.25. The predicted molar refractivity (Wildman–Crippen MR) is 74.3 cm³/mol. The number of ether oxygens (including phenoxy) is 1. The van der Waals surface area contributed by atoms with Gasteiger partial charge >= 0.3 is 0 Å². The van der Waals surface area contributed by atoms with E-state index in [1.807, 2.05) is 7.11 Å². The van der Waals surface area contributed by atoms with E-state index in [0.717, 1.165) is 17.9 Å². The first kappa shape index (κ1) is 15.0. The lowest BCUT2D eigenvalue weighted by Crippen LogP contribution is -2.39. The number of nitrogens with one attached hydrogen (secondary N) is 1. The van der Waals surface area contributed by atoms with Crippen LogP contribution in [0.2, 0.25) is 0 Å². The summed E-state index contributed by atoms with van der Waals surface area (Å²) in [5, 5.41) is 3.51. The van der Waals surface area contributed by atoms with Gasteiger partial charge in [-0.3, -0.25) is 0 Å². The van der Waals surface area contributed by atoms with Gasteiger partial charge in [-0.1, -0.05) is 13.3 Å². The fourth-order valence-corrected chi connectivity index (χ4v) is 3.07. The molecule has 1 fully saturated rings. The van der Waals surface area contributed by atoms with E-state index in [0.29, 0.717) is 0 Å². The summed E-state index contributed by atoms with van der Waals surface area (Å²) in [7, 11) is 3.94. The first-order chi connectivity index (χ1) is 8.02. The minimum Gasteiger partial charge on any atom is -0.379 e. The summed E-state index contributed by atoms with van der Waals surface area (Å²) < 4.78 is 5.53. The molecule has 1 aliphatic carbocycles. The molecule has 2 heteroatoms. The molecule has 0 aliphatic heterocycles. The second-order valence-electron chi connectivity index (χ2n) is 6.25. The van der Waals surface area contributed by atoms with Crippen molar-refractivity contribution in [2.24, 2.45) is 11.8 Å². The van der Waals surface area contributed by atoms with Crippen molar-refractivity contribution in [1.82, 2.24) is 5.32 Å². The lowest BCUT2D eigenvalue weighted by Gasteiger charge is -2.37. The molecule has 0 radical (unpaired) electrons. The number of hydrogen-bond donors (Lipinski definition) is 1. The van der Waals surface area contributed by atoms with Crippen LogP contribution in [0.1, 0.15) is 59.3 Å². The third kappa shape index (κ3) is 4.59. The van der Waals surface area contributed by atoms with Gasteiger partial charge in [0.2, 0.25) is 0 Å². The third-order valence-corrected chi connectivity index (χ3v) is 4.71. The Balaban J connectivity index is 2.47. The molecule has 2 nitrogen and oxygen atoms in total. The molecule has 0 aromatic heterocycles. The summed E-state index contributed by atoms with van der Waals surface area (Å²) >= 11 is 0. The highest BCUT2D eigenvalue weighted by atomic mass is 16.5. The highest BCUT2D eigenvalue weighted by Gasteiger charge is 2.30. The first-order valence-corrected chi connectivity index (χ1v) is 7.24. The zero-order chi connectivity index (χ0) is 12.9. The molecular formula is C15H31NO. The maximum atomic E-state index is 5.53. The van der Waals surface area contributed by atoms with Crippen LogP contribution in [0.4, 0.5) is 0 Å². The maximum Gasteiger partial charge on any atom is 0.0622 e. The van der Waals surface area contributed by atoms with Gasteiger partial charge in [0.25, 0.3) is 0 Å². The fraction of sp³-hybridized carbons (Fsp3) is 1.00. The minimum absolute atomic E-state index is 0.0391. The van der Waals surface area contributed by atoms with Crippen molar-refractivity contribution in [3.05, 3.63) is 0 Å². The molecular weight excluding hydrogens is 210 g/mol. The number of hydrogen-bond acceptors (Lipinski definition) is 2. The van der Waals surface area contributed by atoms with Crippen molar-refractivity contribution in [2.75, 3.05) is 14.2 Å². The molecule has 0 heterocycles. The summed E-state index contributed by atoms with van der Waals surface area (Å²) in [6.45, 7) is 6.73. The Morgan fingerprint density at radius 3 is 2.53 bits per heavy atom. The van der Waals surface area contributed by atoms with Gasteiger partial charge in [0.1, 0.15) is 0 Å². The van der Waals surface area contributed by atoms with Crippen LogP contribution in [0.5, 0.6) is 0 Å². The summed E-state index contributed by atoms with van der Waals surface area (Å²) in [5.74, 6) is 1.79. The molecule has 1 aliphatic rings. The van der Waals surface area contributed by atoms with E-state index in [9.17, 15) is 0 Å². The molecule has 1 saturated carbocycles. The molecule has 102 valence electrons. The van der Waals surface area contributed by atoms with Gasteiger partial charge in [-0.2, -0.15) is 0 Å². The number of methoxy groups -OCH3 is 1. The Morgan fingerprint density at radius 1 is 1.29 bits per heavy atom. The number of rotatable bonds is 6. The maximum absolute atomic E-state index is 5.53. The summed E-state index contributed by atoms with van der Waals surface area (Å²) in [6.07, 6.45) is 7.98. The van der Waals surface area contributed by atoms with Crippen LogP contribution in [0, 0.1) is 11.8 Å². The quantitative estimate of drug-likeness (QED) is 0.767. The Labute approximate surface area is 108 Å². The standard InChI is InChI=1S/C15H31NO/c1-6-12-7-8-14(16-4)13(11-12)9-10-15(2,3)17-5/h12-14,16H,6-11H2,1-5H3. The van der Waals surface area contributed by atoms with Gasteiger partial charge in [-0.05, 0) is 64.8 Å². The van der Waals surface area contributed by atoms with Crippen LogP contribution in [0.25, 0.3) is 0 Å². The first-order valence-electron chi connectivity index (χ1n) is 7.24. The largest absolute Gasteiger partial charge is 0.379 e. The van der Waals surface area contributed by atoms with Crippen molar-refractivity contribution in [3.63, 3.8) is 0 Å². The second kappa shape index (κ2) is 6.75. The van der Waals surface area contributed by atoms with Gasteiger partial charge in [0, 0.05) is 13.2 Å². The van der Waals surface area contributed by atoms with E-state index in [1.165, 1.54) is 38.5 Å². The third-order valence-electron chi connectivity index (χ3n) is 4.71. The van der Waals surface area contributed by atoms with Gasteiger partial charge in [0.05, 0.1) is 5.60 Å². The highest BCUT2D eigenvalue weighted by Crippen LogP contribution is 2.35. The van der Waals surface area contributed by atoms with Crippen LogP contribution in [0.3, 0.4) is 0 Å². The van der Waals surface area contributed by atoms with Crippen molar-refractivity contribution < 1.29 is 4.74 Å². The molecule has 1 rings (SSSR count). The van der Waals surface area contributed by atoms with E-state index in [4.69, 9.17) is 4.74 Å². The zero-order valence-electron chi connectivity index (χ0n) is 12.4. The lowest BCUT2D eigenvalue weighted by molar-refractivity contribution is 0.00637. The van der Waals surface area contributed by atoms with E-state index in [2.05, 4.69) is 33.1 Å². The van der Waals surface area contributed by atoms with Crippen LogP contribution >= 0.6 is 0 Å². The van der Waals surface area contributed by atoms with Crippen LogP contribution in [-0.4, -0.2) is 25.8 Å². The molecule has 0 spiro atoms. The summed E-state index contributed by atoms with van der Waals surface area (Å²) in [4.78, 5) is 0. The van der Waals surface area contributed by atoms with E-state index in [1.54, 1.807) is 0 Å². The van der Waals surface area contributed by atoms with Crippen molar-refractivity contribution in [3.8, 4) is 0 Å². The van der Waals surface area contributed by atoms with Gasteiger partial charge in [0.15, 0.2) is 0 Å². The predicted octanol–water partition coefficient (Wildman–Crippen LogP) is 3.61. The topological polar surface area (TPSA) is 21.3 Å². The van der Waals surface area contributed by atoms with Gasteiger partial charge in [-0.15, -0.1) is 0 Å². The average molecular weight is 241 g/mol. The van der Waals surface area contributed by atoms with Crippen LogP contribution in [0.15, 0.2) is 0 Å². The summed E-state index contributed by atoms with van der Waals surface area (Å²) in [6, 6.07) is 0.727. The smallest absolute Gasteiger partial charge is 0.0622 e. The van der Waals surface area contributed by atoms with Gasteiger partial charge in [-0.25, -0.2) is 0 Å². The van der Waals surface area contributed by atoms with E-state index in [-0.39, 0.29) is 5.60 Å². The van der Waals surface area contributed by atoms with Crippen LogP contribution < -0.4 is 5.32 Å². The summed E-state index contributed by atoms with van der Waals surface area (Å²) in [5.41, 5.74) is 0.0391. The molecule has 0 bridgehead atoms. The molecule has 17 heavy (non-hydrogen) atoms. The minimum atomic E-state index is 0.0391. The Bertz CT molecular complexity index is 215. The highest BCUT2D eigenvalue weighted by molar-refractivity contribution is 4.85. The van der Waals surface area contributed by atoms with Crippen molar-refractivity contribution in [1.29, 1.82) is 0 Å². The zero-order valence-corrected chi connectivity index (χ0v) is 12.4. The SMILES string of the molecule is CCC1CCC(NC)C(CCC(C)(C)OC)C1. The Hall–Kier alpha value is -0.0800. The van der Waals surface area contributed by atoms with E-state index < -0.39 is 0 Å². The average Bonchev–Trinajstić information content (AvgIpc) is 2.36. The normalized spacial score (nSPS) is 30.5. The van der Waals surface area contributed by atoms with Gasteiger partial charge < -0.3 is 10.1 Å². The molecule has 0 amide bonds. The Kier molecular flexibility index (Phi) is 5.94. The molecule has 0 aromatic rings. The fourth-order valence-electron chi connectivity index (χ4n) is 3.07. The molecule has 0 aromatic carbocycles. The molecule has 0 saturated heterocycles. The molecule has 3 unspecified atom stereocenters. The van der Waals surface area contributed by atoms with Crippen LogP contribution in [-0.2, 0) is 4.74 Å². The molecule has 1 N–H and O–H groups in total. The monoisotopic (exact) mass is 241 g/mol. The van der Waals surface area contributed by atoms with E-state index >= 15 is 0 Å². The van der Waals surface area contributed by atoms with Crippen molar-refractivity contribution in [2.45, 2.75) is 70.9 Å². The lowest BCUT2D eigenvalue weighted by atomic mass is 9.74.